The number of allylic oxidation sites excluding steroid dienone is 2. The molecule has 0 unspecified atom stereocenters. The Hall–Kier alpha value is -2.68. The van der Waals surface area contributed by atoms with E-state index in [4.69, 9.17) is 9.73 Å². The van der Waals surface area contributed by atoms with E-state index >= 15 is 0 Å². The minimum Gasteiger partial charge on any atom is -0.462 e. The van der Waals surface area contributed by atoms with E-state index in [1.54, 1.807) is 6.20 Å². The van der Waals surface area contributed by atoms with E-state index < -0.39 is 0 Å². The summed E-state index contributed by atoms with van der Waals surface area (Å²) >= 11 is 0. The van der Waals surface area contributed by atoms with Gasteiger partial charge in [-0.2, -0.15) is 0 Å². The molecule has 0 radical (unpaired) electrons. The second-order valence-electron chi connectivity index (χ2n) is 6.25. The highest BCUT2D eigenvalue weighted by atomic mass is 16.5. The largest absolute Gasteiger partial charge is 0.462 e. The summed E-state index contributed by atoms with van der Waals surface area (Å²) in [5.41, 5.74) is 5.93. The number of ether oxygens (including phenoxy) is 1. The second-order valence-corrected chi connectivity index (χ2v) is 6.25. The smallest absolute Gasteiger partial charge is 0.130 e. The SMILES string of the molecule is C=C1CCc2cc(/C=C3\CCCN=C3c3cccnc3)ccc2O1. The lowest BCUT2D eigenvalue weighted by atomic mass is 9.94. The van der Waals surface area contributed by atoms with Crippen molar-refractivity contribution in [1.29, 1.82) is 0 Å². The van der Waals surface area contributed by atoms with E-state index in [0.29, 0.717) is 0 Å². The van der Waals surface area contributed by atoms with Gasteiger partial charge in [-0.25, -0.2) is 0 Å². The summed E-state index contributed by atoms with van der Waals surface area (Å²) in [4.78, 5) is 8.98. The van der Waals surface area contributed by atoms with Crippen LogP contribution in [0.1, 0.15) is 36.0 Å². The molecule has 3 heteroatoms. The highest BCUT2D eigenvalue weighted by molar-refractivity contribution is 6.15. The zero-order chi connectivity index (χ0) is 16.4. The monoisotopic (exact) mass is 316 g/mol. The van der Waals surface area contributed by atoms with Crippen LogP contribution in [0.15, 0.2) is 65.6 Å². The first-order valence-corrected chi connectivity index (χ1v) is 8.44. The van der Waals surface area contributed by atoms with Crippen LogP contribution in [0.25, 0.3) is 6.08 Å². The van der Waals surface area contributed by atoms with Crippen LogP contribution in [0, 0.1) is 0 Å². The molecular formula is C21H20N2O. The van der Waals surface area contributed by atoms with Crippen molar-refractivity contribution in [3.8, 4) is 5.75 Å². The third-order valence-electron chi connectivity index (χ3n) is 4.47. The van der Waals surface area contributed by atoms with Crippen LogP contribution >= 0.6 is 0 Å². The molecule has 0 N–H and O–H groups in total. The molecule has 2 aliphatic heterocycles. The number of pyridine rings is 1. The molecule has 4 rings (SSSR count). The molecule has 2 aromatic rings. The number of aromatic nitrogens is 1. The van der Waals surface area contributed by atoms with Crippen LogP contribution in [0.5, 0.6) is 5.75 Å². The fourth-order valence-corrected chi connectivity index (χ4v) is 3.27. The molecule has 0 saturated heterocycles. The van der Waals surface area contributed by atoms with Crippen LogP contribution in [-0.4, -0.2) is 17.2 Å². The Bertz CT molecular complexity index is 834. The van der Waals surface area contributed by atoms with E-state index in [2.05, 4.69) is 41.9 Å². The lowest BCUT2D eigenvalue weighted by Gasteiger charge is -2.20. The van der Waals surface area contributed by atoms with Crippen LogP contribution < -0.4 is 4.74 Å². The van der Waals surface area contributed by atoms with Gasteiger partial charge in [-0.15, -0.1) is 0 Å². The van der Waals surface area contributed by atoms with Gasteiger partial charge in [0.2, 0.25) is 0 Å². The van der Waals surface area contributed by atoms with E-state index in [-0.39, 0.29) is 0 Å². The first-order chi connectivity index (χ1) is 11.8. The van der Waals surface area contributed by atoms with Crippen molar-refractivity contribution >= 4 is 11.8 Å². The number of hydrogen-bond donors (Lipinski definition) is 0. The van der Waals surface area contributed by atoms with Gasteiger partial charge in [-0.05, 0) is 66.3 Å². The fraction of sp³-hybridized carbons (Fsp3) is 0.238. The lowest BCUT2D eigenvalue weighted by Crippen LogP contribution is -2.12. The van der Waals surface area contributed by atoms with E-state index in [1.165, 1.54) is 16.7 Å². The van der Waals surface area contributed by atoms with Crippen molar-refractivity contribution in [3.63, 3.8) is 0 Å². The number of rotatable bonds is 2. The van der Waals surface area contributed by atoms with Crippen LogP contribution in [0.2, 0.25) is 0 Å². The summed E-state index contributed by atoms with van der Waals surface area (Å²) in [7, 11) is 0. The number of nitrogens with zero attached hydrogens (tertiary/aromatic N) is 2. The van der Waals surface area contributed by atoms with Gasteiger partial charge in [0.15, 0.2) is 0 Å². The summed E-state index contributed by atoms with van der Waals surface area (Å²) in [5, 5.41) is 0. The Morgan fingerprint density at radius 3 is 2.96 bits per heavy atom. The number of aryl methyl sites for hydroxylation is 1. The highest BCUT2D eigenvalue weighted by Gasteiger charge is 2.16. The van der Waals surface area contributed by atoms with Gasteiger partial charge in [-0.1, -0.05) is 12.6 Å². The minimum atomic E-state index is 0.854. The normalized spacial score (nSPS) is 18.8. The van der Waals surface area contributed by atoms with E-state index in [9.17, 15) is 0 Å². The molecule has 24 heavy (non-hydrogen) atoms. The topological polar surface area (TPSA) is 34.5 Å². The Morgan fingerprint density at radius 2 is 2.08 bits per heavy atom. The van der Waals surface area contributed by atoms with Gasteiger partial charge < -0.3 is 4.74 Å². The van der Waals surface area contributed by atoms with Crippen molar-refractivity contribution in [3.05, 3.63) is 77.3 Å². The number of fused-ring (bicyclic) bond motifs is 1. The van der Waals surface area contributed by atoms with Gasteiger partial charge >= 0.3 is 0 Å². The Kier molecular flexibility index (Phi) is 3.99. The highest BCUT2D eigenvalue weighted by Crippen LogP contribution is 2.31. The Morgan fingerprint density at radius 1 is 1.12 bits per heavy atom. The average molecular weight is 316 g/mol. The molecule has 1 aromatic heterocycles. The van der Waals surface area contributed by atoms with Crippen molar-refractivity contribution < 1.29 is 4.74 Å². The van der Waals surface area contributed by atoms with Crippen LogP contribution in [-0.2, 0) is 6.42 Å². The molecule has 0 atom stereocenters. The van der Waals surface area contributed by atoms with E-state index in [1.807, 2.05) is 12.3 Å². The predicted octanol–water partition coefficient (Wildman–Crippen LogP) is 4.59. The predicted molar refractivity (Wildman–Crippen MR) is 97.4 cm³/mol. The quantitative estimate of drug-likeness (QED) is 0.812. The van der Waals surface area contributed by atoms with Gasteiger partial charge in [0, 0.05) is 30.9 Å². The average Bonchev–Trinajstić information content (AvgIpc) is 2.63. The zero-order valence-electron chi connectivity index (χ0n) is 13.7. The Balaban J connectivity index is 1.68. The summed E-state index contributed by atoms with van der Waals surface area (Å²) in [6.45, 7) is 4.81. The van der Waals surface area contributed by atoms with Crippen molar-refractivity contribution in [2.24, 2.45) is 4.99 Å². The summed E-state index contributed by atoms with van der Waals surface area (Å²) < 4.78 is 5.72. The molecule has 0 spiro atoms. The maximum atomic E-state index is 5.72. The van der Waals surface area contributed by atoms with Gasteiger partial charge in [0.05, 0.1) is 11.5 Å². The zero-order valence-corrected chi connectivity index (χ0v) is 13.7. The number of aliphatic imine (C=N–C) groups is 1. The van der Waals surface area contributed by atoms with Crippen LogP contribution in [0.3, 0.4) is 0 Å². The molecule has 3 heterocycles. The molecule has 0 amide bonds. The van der Waals surface area contributed by atoms with Crippen molar-refractivity contribution in [2.45, 2.75) is 25.7 Å². The van der Waals surface area contributed by atoms with Crippen LogP contribution in [0.4, 0.5) is 0 Å². The molecule has 0 fully saturated rings. The third-order valence-corrected chi connectivity index (χ3v) is 4.47. The summed E-state index contributed by atoms with van der Waals surface area (Å²) in [6.07, 6.45) is 10.00. The minimum absolute atomic E-state index is 0.854. The standard InChI is InChI=1S/C21H20N2O/c1-15-6-8-17-12-16(7-9-20(17)24-15)13-18-4-3-11-23-21(18)19-5-2-10-22-14-19/h2,5,7,9-10,12-14H,1,3-4,6,8,11H2/b18-13+. The molecule has 120 valence electrons. The summed E-state index contributed by atoms with van der Waals surface area (Å²) in [5.74, 6) is 1.80. The van der Waals surface area contributed by atoms with Crippen molar-refractivity contribution in [1.82, 2.24) is 4.98 Å². The maximum absolute atomic E-state index is 5.72. The van der Waals surface area contributed by atoms with Crippen molar-refractivity contribution in [2.75, 3.05) is 6.54 Å². The fourth-order valence-electron chi connectivity index (χ4n) is 3.27. The van der Waals surface area contributed by atoms with Gasteiger partial charge in [-0.3, -0.25) is 9.98 Å². The Labute approximate surface area is 142 Å². The number of benzene rings is 1. The first kappa shape index (κ1) is 14.9. The van der Waals surface area contributed by atoms with Gasteiger partial charge in [0.25, 0.3) is 0 Å². The third kappa shape index (κ3) is 3.02. The lowest BCUT2D eigenvalue weighted by molar-refractivity contribution is 0.381. The van der Waals surface area contributed by atoms with Gasteiger partial charge in [0.1, 0.15) is 5.75 Å². The maximum Gasteiger partial charge on any atom is 0.130 e. The molecule has 2 aliphatic rings. The molecule has 3 nitrogen and oxygen atoms in total. The number of hydrogen-bond acceptors (Lipinski definition) is 3. The molecule has 0 aliphatic carbocycles. The molecule has 1 aromatic carbocycles. The molecular weight excluding hydrogens is 296 g/mol. The first-order valence-electron chi connectivity index (χ1n) is 8.44. The second kappa shape index (κ2) is 6.44. The molecule has 0 saturated carbocycles. The van der Waals surface area contributed by atoms with E-state index in [0.717, 1.165) is 55.0 Å². The molecule has 0 bridgehead atoms. The summed E-state index contributed by atoms with van der Waals surface area (Å²) in [6, 6.07) is 10.4.